The first-order valence-corrected chi connectivity index (χ1v) is 10.3. The smallest absolute Gasteiger partial charge is 0.325 e. The number of carbonyl (C=O) groups excluding carboxylic acids is 1. The summed E-state index contributed by atoms with van der Waals surface area (Å²) in [5, 5.41) is 2.70. The molecule has 0 radical (unpaired) electrons. The third-order valence-corrected chi connectivity index (χ3v) is 6.14. The van der Waals surface area contributed by atoms with Crippen LogP contribution < -0.4 is 11.0 Å². The number of benzene rings is 3. The number of hydrogen-bond acceptors (Lipinski definition) is 4. The molecule has 0 spiro atoms. The van der Waals surface area contributed by atoms with Crippen molar-refractivity contribution in [1.82, 2.24) is 8.54 Å². The minimum Gasteiger partial charge on any atom is -0.325 e. The first kappa shape index (κ1) is 18.7. The van der Waals surface area contributed by atoms with E-state index >= 15 is 0 Å². The van der Waals surface area contributed by atoms with Crippen molar-refractivity contribution in [2.45, 2.75) is 11.4 Å². The molecular weight excluding hydrogens is 390 g/mol. The maximum Gasteiger partial charge on any atom is 0.343 e. The second kappa shape index (κ2) is 7.40. The normalized spacial score (nSPS) is 11.4. The zero-order valence-electron chi connectivity index (χ0n) is 15.2. The van der Waals surface area contributed by atoms with Gasteiger partial charge in [-0.3, -0.25) is 9.36 Å². The van der Waals surface area contributed by atoms with Crippen molar-refractivity contribution in [2.24, 2.45) is 0 Å². The molecule has 7 nitrogen and oxygen atoms in total. The predicted octanol–water partition coefficient (Wildman–Crippen LogP) is 2.68. The standard InChI is InChI=1S/C21H17N3O4S/c25-20(22-16-9-3-1-4-10-16)15-23-18-13-7-8-14-19(18)24(21(23)26)29(27,28)17-11-5-2-6-12-17/h1-14H,15H2,(H,22,25). The van der Waals surface area contributed by atoms with Gasteiger partial charge in [0.15, 0.2) is 0 Å². The molecule has 0 saturated heterocycles. The third kappa shape index (κ3) is 3.45. The van der Waals surface area contributed by atoms with Crippen molar-refractivity contribution < 1.29 is 13.2 Å². The van der Waals surface area contributed by atoms with Gasteiger partial charge in [-0.05, 0) is 36.4 Å². The van der Waals surface area contributed by atoms with Gasteiger partial charge in [0, 0.05) is 5.69 Å². The Morgan fingerprint density at radius 3 is 2.00 bits per heavy atom. The zero-order chi connectivity index (χ0) is 20.4. The monoisotopic (exact) mass is 407 g/mol. The van der Waals surface area contributed by atoms with Gasteiger partial charge in [0.1, 0.15) is 6.54 Å². The molecule has 0 atom stereocenters. The lowest BCUT2D eigenvalue weighted by molar-refractivity contribution is -0.116. The molecule has 0 unspecified atom stereocenters. The molecule has 1 aromatic heterocycles. The highest BCUT2D eigenvalue weighted by molar-refractivity contribution is 7.90. The number of nitrogens with one attached hydrogen (secondary N) is 1. The van der Waals surface area contributed by atoms with Crippen molar-refractivity contribution in [3.8, 4) is 0 Å². The molecule has 8 heteroatoms. The molecule has 3 aromatic carbocycles. The highest BCUT2D eigenvalue weighted by atomic mass is 32.2. The second-order valence-electron chi connectivity index (χ2n) is 6.35. The lowest BCUT2D eigenvalue weighted by Crippen LogP contribution is -2.32. The number of aromatic nitrogens is 2. The Labute approximate surface area is 166 Å². The van der Waals surface area contributed by atoms with Crippen LogP contribution in [-0.2, 0) is 21.4 Å². The molecule has 1 heterocycles. The summed E-state index contributed by atoms with van der Waals surface area (Å²) in [6.45, 7) is -0.314. The number of carbonyl (C=O) groups is 1. The fraction of sp³-hybridized carbons (Fsp3) is 0.0476. The molecule has 0 aliphatic heterocycles. The molecule has 4 aromatic rings. The summed E-state index contributed by atoms with van der Waals surface area (Å²) >= 11 is 0. The molecule has 146 valence electrons. The Hall–Kier alpha value is -3.65. The molecular formula is C21H17N3O4S. The fourth-order valence-electron chi connectivity index (χ4n) is 3.13. The van der Waals surface area contributed by atoms with Crippen LogP contribution in [0.3, 0.4) is 0 Å². The summed E-state index contributed by atoms with van der Waals surface area (Å²) in [7, 11) is -4.12. The number of nitrogens with zero attached hydrogens (tertiary/aromatic N) is 2. The van der Waals surface area contributed by atoms with Crippen LogP contribution in [0.15, 0.2) is 94.6 Å². The van der Waals surface area contributed by atoms with Crippen LogP contribution in [0.2, 0.25) is 0 Å². The Morgan fingerprint density at radius 1 is 0.793 bits per heavy atom. The van der Waals surface area contributed by atoms with Gasteiger partial charge in [0.25, 0.3) is 10.0 Å². The first-order valence-electron chi connectivity index (χ1n) is 8.84. The second-order valence-corrected chi connectivity index (χ2v) is 8.14. The van der Waals surface area contributed by atoms with Crippen LogP contribution in [0.1, 0.15) is 0 Å². The Kier molecular flexibility index (Phi) is 4.77. The third-order valence-electron chi connectivity index (χ3n) is 4.44. The highest BCUT2D eigenvalue weighted by Crippen LogP contribution is 2.19. The van der Waals surface area contributed by atoms with Crippen molar-refractivity contribution in [1.29, 1.82) is 0 Å². The van der Waals surface area contributed by atoms with Crippen molar-refractivity contribution in [2.75, 3.05) is 5.32 Å². The van der Waals surface area contributed by atoms with Crippen LogP contribution >= 0.6 is 0 Å². The van der Waals surface area contributed by atoms with E-state index in [1.54, 1.807) is 66.7 Å². The molecule has 0 aliphatic rings. The van der Waals surface area contributed by atoms with E-state index in [-0.39, 0.29) is 17.0 Å². The van der Waals surface area contributed by atoms with E-state index in [1.807, 2.05) is 6.07 Å². The van der Waals surface area contributed by atoms with Crippen LogP contribution in [0.4, 0.5) is 5.69 Å². The topological polar surface area (TPSA) is 90.2 Å². The lowest BCUT2D eigenvalue weighted by Gasteiger charge is -2.06. The summed E-state index contributed by atoms with van der Waals surface area (Å²) in [5.41, 5.74) is 0.374. The van der Waals surface area contributed by atoms with Gasteiger partial charge < -0.3 is 5.32 Å². The minimum absolute atomic E-state index is 0.00117. The maximum absolute atomic E-state index is 13.1. The van der Waals surface area contributed by atoms with Crippen molar-refractivity contribution in [3.63, 3.8) is 0 Å². The number of imidazole rings is 1. The Morgan fingerprint density at radius 2 is 1.34 bits per heavy atom. The lowest BCUT2D eigenvalue weighted by atomic mass is 10.3. The van der Waals surface area contributed by atoms with Crippen LogP contribution in [-0.4, -0.2) is 22.9 Å². The molecule has 0 aliphatic carbocycles. The minimum atomic E-state index is -4.12. The number of hydrogen-bond donors (Lipinski definition) is 1. The van der Waals surface area contributed by atoms with E-state index in [0.717, 1.165) is 8.54 Å². The van der Waals surface area contributed by atoms with Crippen LogP contribution in [0.5, 0.6) is 0 Å². The molecule has 1 amide bonds. The van der Waals surface area contributed by atoms with Gasteiger partial charge in [-0.25, -0.2) is 13.2 Å². The summed E-state index contributed by atoms with van der Waals surface area (Å²) in [6, 6.07) is 23.0. The molecule has 0 saturated carbocycles. The summed E-state index contributed by atoms with van der Waals surface area (Å²) in [4.78, 5) is 25.5. The molecule has 29 heavy (non-hydrogen) atoms. The van der Waals surface area contributed by atoms with E-state index in [2.05, 4.69) is 5.32 Å². The van der Waals surface area contributed by atoms with Gasteiger partial charge in [0.2, 0.25) is 5.91 Å². The number of rotatable bonds is 5. The van der Waals surface area contributed by atoms with Gasteiger partial charge in [-0.2, -0.15) is 3.97 Å². The summed E-state index contributed by atoms with van der Waals surface area (Å²) in [6.07, 6.45) is 0. The van der Waals surface area contributed by atoms with Crippen molar-refractivity contribution in [3.05, 3.63) is 95.4 Å². The Balaban J connectivity index is 1.80. The number of anilines is 1. The van der Waals surface area contributed by atoms with Gasteiger partial charge in [-0.1, -0.05) is 48.5 Å². The number of fused-ring (bicyclic) bond motifs is 1. The molecule has 0 bridgehead atoms. The SMILES string of the molecule is O=C(Cn1c(=O)n(S(=O)(=O)c2ccccc2)c2ccccc21)Nc1ccccc1. The summed E-state index contributed by atoms with van der Waals surface area (Å²) < 4.78 is 28.1. The molecule has 4 rings (SSSR count). The Bertz CT molecular complexity index is 1340. The van der Waals surface area contributed by atoms with Gasteiger partial charge in [-0.15, -0.1) is 0 Å². The quantitative estimate of drug-likeness (QED) is 0.551. The highest BCUT2D eigenvalue weighted by Gasteiger charge is 2.25. The van der Waals surface area contributed by atoms with Crippen LogP contribution in [0, 0.1) is 0 Å². The summed E-state index contributed by atoms with van der Waals surface area (Å²) in [5.74, 6) is -0.432. The number of para-hydroxylation sites is 3. The first-order chi connectivity index (χ1) is 14.0. The van der Waals surface area contributed by atoms with E-state index in [9.17, 15) is 18.0 Å². The fourth-order valence-corrected chi connectivity index (χ4v) is 4.56. The average Bonchev–Trinajstić information content (AvgIpc) is 3.01. The predicted molar refractivity (Wildman–Crippen MR) is 110 cm³/mol. The largest absolute Gasteiger partial charge is 0.343 e. The van der Waals surface area contributed by atoms with E-state index in [0.29, 0.717) is 11.2 Å². The van der Waals surface area contributed by atoms with Crippen molar-refractivity contribution >= 4 is 32.7 Å². The van der Waals surface area contributed by atoms with Crippen LogP contribution in [0.25, 0.3) is 11.0 Å². The maximum atomic E-state index is 13.1. The average molecular weight is 407 g/mol. The van der Waals surface area contributed by atoms with Gasteiger partial charge >= 0.3 is 5.69 Å². The van der Waals surface area contributed by atoms with E-state index < -0.39 is 21.6 Å². The zero-order valence-corrected chi connectivity index (χ0v) is 16.0. The van der Waals surface area contributed by atoms with Gasteiger partial charge in [0.05, 0.1) is 15.9 Å². The van der Waals surface area contributed by atoms with E-state index in [4.69, 9.17) is 0 Å². The van der Waals surface area contributed by atoms with E-state index in [1.165, 1.54) is 12.1 Å². The number of amides is 1. The molecule has 0 fully saturated rings. The molecule has 1 N–H and O–H groups in total.